The maximum atomic E-state index is 4.95. The smallest absolute Gasteiger partial charge is 0.106 e. The molecule has 4 rings (SSSR count). The molecule has 0 bridgehead atoms. The number of oxime groups is 1. The predicted octanol–water partition coefficient (Wildman–Crippen LogP) is 3.45. The Morgan fingerprint density at radius 3 is 2.67 bits per heavy atom. The maximum absolute atomic E-state index is 4.95. The summed E-state index contributed by atoms with van der Waals surface area (Å²) in [7, 11) is 3.56. The van der Waals surface area contributed by atoms with E-state index in [1.807, 2.05) is 42.5 Å². The molecule has 2 aromatic heterocycles. The van der Waals surface area contributed by atoms with Crippen LogP contribution < -0.4 is 0 Å². The molecule has 0 radical (unpaired) electrons. The van der Waals surface area contributed by atoms with Crippen LogP contribution in [0.5, 0.6) is 0 Å². The number of fused-ring (bicyclic) bond motifs is 1. The normalized spacial score (nSPS) is 14.8. The number of benzene rings is 1. The van der Waals surface area contributed by atoms with Crippen LogP contribution in [0.2, 0.25) is 0 Å². The molecule has 0 saturated heterocycles. The number of hydrogen-bond acceptors (Lipinski definition) is 4. The largest absolute Gasteiger partial charge is 0.399 e. The van der Waals surface area contributed by atoms with Crippen LogP contribution in [0.1, 0.15) is 17.5 Å². The van der Waals surface area contributed by atoms with E-state index < -0.39 is 0 Å². The fraction of sp³-hybridized carbons (Fsp3) is 0.211. The zero-order valence-electron chi connectivity index (χ0n) is 13.7. The molecule has 0 atom stereocenters. The first-order valence-electron chi connectivity index (χ1n) is 7.94. The molecule has 3 aromatic rings. The second-order valence-electron chi connectivity index (χ2n) is 5.86. The summed E-state index contributed by atoms with van der Waals surface area (Å²) >= 11 is 0. The van der Waals surface area contributed by atoms with Crippen LogP contribution in [0.15, 0.2) is 54.1 Å². The highest BCUT2D eigenvalue weighted by atomic mass is 16.6. The van der Waals surface area contributed by atoms with E-state index in [-0.39, 0.29) is 0 Å². The zero-order chi connectivity index (χ0) is 16.5. The van der Waals surface area contributed by atoms with E-state index in [1.165, 1.54) is 16.7 Å². The van der Waals surface area contributed by atoms with Gasteiger partial charge in [0.15, 0.2) is 0 Å². The van der Waals surface area contributed by atoms with Gasteiger partial charge in [-0.15, -0.1) is 0 Å². The minimum absolute atomic E-state index is 0.927. The monoisotopic (exact) mass is 318 g/mol. The van der Waals surface area contributed by atoms with Crippen molar-refractivity contribution in [2.75, 3.05) is 7.11 Å². The van der Waals surface area contributed by atoms with Crippen molar-refractivity contribution in [1.82, 2.24) is 14.8 Å². The Kier molecular flexibility index (Phi) is 3.61. The van der Waals surface area contributed by atoms with Gasteiger partial charge in [-0.3, -0.25) is 9.67 Å². The summed E-state index contributed by atoms with van der Waals surface area (Å²) in [6, 6.07) is 10.5. The van der Waals surface area contributed by atoms with Crippen LogP contribution >= 0.6 is 0 Å². The lowest BCUT2D eigenvalue weighted by molar-refractivity contribution is 0.213. The van der Waals surface area contributed by atoms with Crippen LogP contribution in [0.4, 0.5) is 0 Å². The first-order valence-corrected chi connectivity index (χ1v) is 7.94. The van der Waals surface area contributed by atoms with Gasteiger partial charge in [-0.25, -0.2) is 0 Å². The standard InChI is InChI=1S/C19H18N4O/c1-23-19(13-7-9-20-10-8-13)17(12-21-23)15-3-5-16-14(11-15)4-6-18(16)22-24-2/h3,5,7-12H,4,6H2,1-2H3. The molecule has 2 heterocycles. The third-order valence-corrected chi connectivity index (χ3v) is 4.45. The van der Waals surface area contributed by atoms with Gasteiger partial charge in [0.05, 0.1) is 17.6 Å². The predicted molar refractivity (Wildman–Crippen MR) is 93.7 cm³/mol. The molecule has 0 saturated carbocycles. The van der Waals surface area contributed by atoms with Crippen molar-refractivity contribution >= 4 is 5.71 Å². The Labute approximate surface area is 140 Å². The van der Waals surface area contributed by atoms with Gasteiger partial charge < -0.3 is 4.84 Å². The molecule has 0 aliphatic heterocycles. The van der Waals surface area contributed by atoms with E-state index in [4.69, 9.17) is 4.84 Å². The zero-order valence-corrected chi connectivity index (χ0v) is 13.7. The van der Waals surface area contributed by atoms with Crippen LogP contribution in [0.3, 0.4) is 0 Å². The highest BCUT2D eigenvalue weighted by molar-refractivity contribution is 6.04. The molecule has 0 fully saturated rings. The van der Waals surface area contributed by atoms with Crippen LogP contribution in [0, 0.1) is 0 Å². The molecule has 1 aliphatic rings. The van der Waals surface area contributed by atoms with Crippen molar-refractivity contribution in [3.05, 3.63) is 60.0 Å². The minimum Gasteiger partial charge on any atom is -0.399 e. The van der Waals surface area contributed by atoms with Gasteiger partial charge in [0.1, 0.15) is 7.11 Å². The van der Waals surface area contributed by atoms with Gasteiger partial charge in [0.2, 0.25) is 0 Å². The lowest BCUT2D eigenvalue weighted by Crippen LogP contribution is -1.96. The van der Waals surface area contributed by atoms with Crippen LogP contribution in [-0.4, -0.2) is 27.6 Å². The Hall–Kier alpha value is -2.95. The minimum atomic E-state index is 0.927. The van der Waals surface area contributed by atoms with Gasteiger partial charge in [0.25, 0.3) is 0 Å². The maximum Gasteiger partial charge on any atom is 0.106 e. The average molecular weight is 318 g/mol. The third-order valence-electron chi connectivity index (χ3n) is 4.45. The summed E-state index contributed by atoms with van der Waals surface area (Å²) in [6.45, 7) is 0. The Balaban J connectivity index is 1.81. The van der Waals surface area contributed by atoms with Gasteiger partial charge >= 0.3 is 0 Å². The lowest BCUT2D eigenvalue weighted by atomic mass is 9.98. The lowest BCUT2D eigenvalue weighted by Gasteiger charge is -2.08. The highest BCUT2D eigenvalue weighted by Gasteiger charge is 2.20. The Bertz CT molecular complexity index is 912. The third kappa shape index (κ3) is 2.38. The molecule has 120 valence electrons. The first kappa shape index (κ1) is 14.6. The molecule has 5 heteroatoms. The molecule has 1 aromatic carbocycles. The number of aromatic nitrogens is 3. The topological polar surface area (TPSA) is 52.3 Å². The van der Waals surface area contributed by atoms with Crippen molar-refractivity contribution in [3.63, 3.8) is 0 Å². The molecule has 5 nitrogen and oxygen atoms in total. The van der Waals surface area contributed by atoms with Crippen molar-refractivity contribution in [2.24, 2.45) is 12.2 Å². The molecule has 0 spiro atoms. The van der Waals surface area contributed by atoms with Crippen LogP contribution in [0.25, 0.3) is 22.4 Å². The van der Waals surface area contributed by atoms with Gasteiger partial charge in [-0.1, -0.05) is 23.4 Å². The SMILES string of the molecule is CON=C1CCc2cc(-c3cnn(C)c3-c3ccncc3)ccc21. The second-order valence-corrected chi connectivity index (χ2v) is 5.86. The van der Waals surface area contributed by atoms with Gasteiger partial charge in [0, 0.05) is 36.1 Å². The molecule has 24 heavy (non-hydrogen) atoms. The van der Waals surface area contributed by atoms with Crippen molar-refractivity contribution in [1.29, 1.82) is 0 Å². The van der Waals surface area contributed by atoms with Crippen molar-refractivity contribution < 1.29 is 4.84 Å². The van der Waals surface area contributed by atoms with E-state index in [2.05, 4.69) is 33.4 Å². The molecule has 0 amide bonds. The highest BCUT2D eigenvalue weighted by Crippen LogP contribution is 2.34. The van der Waals surface area contributed by atoms with E-state index in [0.29, 0.717) is 0 Å². The fourth-order valence-electron chi connectivity index (χ4n) is 3.34. The van der Waals surface area contributed by atoms with Crippen molar-refractivity contribution in [2.45, 2.75) is 12.8 Å². The number of rotatable bonds is 3. The number of nitrogens with zero attached hydrogens (tertiary/aromatic N) is 4. The van der Waals surface area contributed by atoms with E-state index in [0.717, 1.165) is 35.4 Å². The molecule has 1 aliphatic carbocycles. The van der Waals surface area contributed by atoms with Crippen molar-refractivity contribution in [3.8, 4) is 22.4 Å². The second kappa shape index (κ2) is 5.92. The van der Waals surface area contributed by atoms with Crippen LogP contribution in [-0.2, 0) is 18.3 Å². The summed E-state index contributed by atoms with van der Waals surface area (Å²) in [4.78, 5) is 9.05. The first-order chi connectivity index (χ1) is 11.8. The number of hydrogen-bond donors (Lipinski definition) is 0. The Morgan fingerprint density at radius 1 is 1.04 bits per heavy atom. The number of aryl methyl sites for hydroxylation is 2. The van der Waals surface area contributed by atoms with E-state index in [1.54, 1.807) is 7.11 Å². The summed E-state index contributed by atoms with van der Waals surface area (Å²) in [5, 5.41) is 8.59. The van der Waals surface area contributed by atoms with Gasteiger partial charge in [-0.2, -0.15) is 5.10 Å². The average Bonchev–Trinajstić information content (AvgIpc) is 3.19. The molecular formula is C19H18N4O. The summed E-state index contributed by atoms with van der Waals surface area (Å²) in [5.41, 5.74) is 8.04. The van der Waals surface area contributed by atoms with E-state index in [9.17, 15) is 0 Å². The molecular weight excluding hydrogens is 300 g/mol. The van der Waals surface area contributed by atoms with Gasteiger partial charge in [-0.05, 0) is 36.1 Å². The summed E-state index contributed by atoms with van der Waals surface area (Å²) < 4.78 is 1.91. The quantitative estimate of drug-likeness (QED) is 0.695. The van der Waals surface area contributed by atoms with E-state index >= 15 is 0 Å². The molecule has 0 unspecified atom stereocenters. The number of pyridine rings is 1. The fourth-order valence-corrected chi connectivity index (χ4v) is 3.34. The summed E-state index contributed by atoms with van der Waals surface area (Å²) in [6.07, 6.45) is 7.47. The summed E-state index contributed by atoms with van der Waals surface area (Å²) in [5.74, 6) is 0. The molecule has 0 N–H and O–H groups in total. The Morgan fingerprint density at radius 2 is 1.88 bits per heavy atom.